The van der Waals surface area contributed by atoms with E-state index in [0.717, 1.165) is 0 Å². The molecule has 4 nitrogen and oxygen atoms in total. The molecule has 1 aromatic carbocycles. The lowest BCUT2D eigenvalue weighted by Crippen LogP contribution is -2.61. The van der Waals surface area contributed by atoms with Gasteiger partial charge in [0.15, 0.2) is 0 Å². The van der Waals surface area contributed by atoms with Crippen molar-refractivity contribution in [1.29, 1.82) is 0 Å². The van der Waals surface area contributed by atoms with Crippen molar-refractivity contribution in [2.24, 2.45) is 0 Å². The van der Waals surface area contributed by atoms with Gasteiger partial charge in [0.25, 0.3) is 5.91 Å². The number of alkyl halides is 2. The monoisotopic (exact) mass is 285 g/mol. The number of aliphatic hydroxyl groups excluding tert-OH is 1. The molecular weight excluding hydrogens is 268 g/mol. The second kappa shape index (κ2) is 5.46. The van der Waals surface area contributed by atoms with Crippen LogP contribution in [0, 0.1) is 0 Å². The molecule has 110 valence electrons. The van der Waals surface area contributed by atoms with Crippen LogP contribution < -0.4 is 5.32 Å². The van der Waals surface area contributed by atoms with E-state index in [1.165, 1.54) is 0 Å². The molecule has 3 N–H and O–H groups in total. The molecule has 1 amide bonds. The van der Waals surface area contributed by atoms with Gasteiger partial charge in [-0.05, 0) is 24.8 Å². The molecule has 1 saturated carbocycles. The topological polar surface area (TPSA) is 69.6 Å². The molecule has 0 aliphatic heterocycles. The van der Waals surface area contributed by atoms with E-state index in [2.05, 4.69) is 5.32 Å². The van der Waals surface area contributed by atoms with Crippen molar-refractivity contribution in [2.45, 2.75) is 36.8 Å². The van der Waals surface area contributed by atoms with Gasteiger partial charge in [-0.2, -0.15) is 8.78 Å². The van der Waals surface area contributed by atoms with E-state index in [0.29, 0.717) is 12.0 Å². The normalized spacial score (nSPS) is 19.0. The molecule has 0 heterocycles. The van der Waals surface area contributed by atoms with Crippen LogP contribution in [0.1, 0.15) is 30.9 Å². The van der Waals surface area contributed by atoms with Crippen molar-refractivity contribution in [3.8, 4) is 0 Å². The lowest BCUT2D eigenvalue weighted by atomic mass is 9.75. The maximum absolute atomic E-state index is 13.9. The van der Waals surface area contributed by atoms with Gasteiger partial charge < -0.3 is 15.5 Å². The van der Waals surface area contributed by atoms with Crippen LogP contribution in [0.25, 0.3) is 0 Å². The number of hydrogen-bond donors (Lipinski definition) is 3. The quantitative estimate of drug-likeness (QED) is 0.765. The molecule has 2 rings (SSSR count). The number of nitrogens with one attached hydrogen (secondary N) is 1. The maximum atomic E-state index is 13.9. The summed E-state index contributed by atoms with van der Waals surface area (Å²) >= 11 is 0. The van der Waals surface area contributed by atoms with Crippen LogP contribution in [0.2, 0.25) is 0 Å². The highest BCUT2D eigenvalue weighted by Crippen LogP contribution is 2.44. The number of halogens is 2. The number of hydrogen-bond acceptors (Lipinski definition) is 3. The molecule has 1 aliphatic carbocycles. The number of benzene rings is 1. The Morgan fingerprint density at radius 2 is 1.95 bits per heavy atom. The number of amides is 1. The summed E-state index contributed by atoms with van der Waals surface area (Å²) < 4.78 is 27.8. The summed E-state index contributed by atoms with van der Waals surface area (Å²) in [6, 6.07) is 7.43. The molecule has 6 heteroatoms. The first-order valence-corrected chi connectivity index (χ1v) is 6.48. The fourth-order valence-corrected chi connectivity index (χ4v) is 2.21. The highest BCUT2D eigenvalue weighted by atomic mass is 19.3. The number of rotatable bonds is 5. The fourth-order valence-electron chi connectivity index (χ4n) is 2.21. The van der Waals surface area contributed by atoms with E-state index in [1.807, 2.05) is 0 Å². The molecule has 20 heavy (non-hydrogen) atoms. The SMILES string of the molecule is O=C(N[C@@H](CO)c1ccccc1)C(F)(F)C1(O)CCC1. The van der Waals surface area contributed by atoms with Crippen LogP contribution in [-0.2, 0) is 4.79 Å². The van der Waals surface area contributed by atoms with E-state index < -0.39 is 30.1 Å². The third kappa shape index (κ3) is 2.53. The summed E-state index contributed by atoms with van der Waals surface area (Å²) in [6.45, 7) is -0.496. The van der Waals surface area contributed by atoms with Gasteiger partial charge in [0.1, 0.15) is 5.60 Å². The number of aliphatic hydroxyl groups is 2. The summed E-state index contributed by atoms with van der Waals surface area (Å²) in [6.07, 6.45) is 0.284. The van der Waals surface area contributed by atoms with E-state index >= 15 is 0 Å². The Morgan fingerprint density at radius 3 is 2.40 bits per heavy atom. The maximum Gasteiger partial charge on any atom is 0.352 e. The fraction of sp³-hybridized carbons (Fsp3) is 0.500. The zero-order valence-electron chi connectivity index (χ0n) is 10.9. The lowest BCUT2D eigenvalue weighted by Gasteiger charge is -2.41. The minimum Gasteiger partial charge on any atom is -0.394 e. The summed E-state index contributed by atoms with van der Waals surface area (Å²) in [4.78, 5) is 11.7. The average Bonchev–Trinajstić information content (AvgIpc) is 2.42. The van der Waals surface area contributed by atoms with Crippen molar-refractivity contribution in [3.05, 3.63) is 35.9 Å². The molecule has 0 bridgehead atoms. The van der Waals surface area contributed by atoms with Gasteiger partial charge >= 0.3 is 5.92 Å². The standard InChI is InChI=1S/C14H17F2NO3/c15-14(16,13(20)7-4-8-13)12(19)17-11(9-18)10-5-2-1-3-6-10/h1-3,5-6,11,18,20H,4,7-9H2,(H,17,19)/t11-/m0/s1. The molecule has 0 radical (unpaired) electrons. The first-order valence-electron chi connectivity index (χ1n) is 6.48. The van der Waals surface area contributed by atoms with E-state index in [-0.39, 0.29) is 12.8 Å². The summed E-state index contributed by atoms with van der Waals surface area (Å²) in [5, 5.41) is 21.0. The highest BCUT2D eigenvalue weighted by Gasteiger charge is 2.61. The Labute approximate surface area is 115 Å². The molecule has 1 aliphatic rings. The predicted octanol–water partition coefficient (Wildman–Crippen LogP) is 1.39. The van der Waals surface area contributed by atoms with E-state index in [1.54, 1.807) is 30.3 Å². The predicted molar refractivity (Wildman–Crippen MR) is 68.2 cm³/mol. The zero-order chi connectivity index (χ0) is 14.8. The Kier molecular flexibility index (Phi) is 4.06. The summed E-state index contributed by atoms with van der Waals surface area (Å²) in [5.41, 5.74) is -1.73. The van der Waals surface area contributed by atoms with Gasteiger partial charge in [-0.1, -0.05) is 30.3 Å². The van der Waals surface area contributed by atoms with Gasteiger partial charge in [0, 0.05) is 0 Å². The third-order valence-corrected chi connectivity index (χ3v) is 3.74. The summed E-state index contributed by atoms with van der Waals surface area (Å²) in [7, 11) is 0. The van der Waals surface area contributed by atoms with Gasteiger partial charge in [-0.25, -0.2) is 0 Å². The van der Waals surface area contributed by atoms with Crippen LogP contribution in [0.3, 0.4) is 0 Å². The number of carbonyl (C=O) groups is 1. The Bertz CT molecular complexity index is 475. The Hall–Kier alpha value is -1.53. The van der Waals surface area contributed by atoms with Gasteiger partial charge in [0.2, 0.25) is 0 Å². The smallest absolute Gasteiger partial charge is 0.352 e. The molecule has 0 aromatic heterocycles. The van der Waals surface area contributed by atoms with Crippen LogP contribution in [0.5, 0.6) is 0 Å². The Morgan fingerprint density at radius 1 is 1.35 bits per heavy atom. The zero-order valence-corrected chi connectivity index (χ0v) is 10.9. The van der Waals surface area contributed by atoms with Gasteiger partial charge in [-0.3, -0.25) is 4.79 Å². The highest BCUT2D eigenvalue weighted by molar-refractivity contribution is 5.85. The van der Waals surface area contributed by atoms with Crippen molar-refractivity contribution < 1.29 is 23.8 Å². The van der Waals surface area contributed by atoms with Crippen LogP contribution in [0.4, 0.5) is 8.78 Å². The first-order chi connectivity index (χ1) is 9.40. The second-order valence-corrected chi connectivity index (χ2v) is 5.08. The third-order valence-electron chi connectivity index (χ3n) is 3.74. The van der Waals surface area contributed by atoms with Gasteiger partial charge in [0.05, 0.1) is 12.6 Å². The molecule has 1 atom stereocenters. The van der Waals surface area contributed by atoms with Crippen LogP contribution in [-0.4, -0.2) is 34.3 Å². The molecule has 1 fully saturated rings. The second-order valence-electron chi connectivity index (χ2n) is 5.08. The largest absolute Gasteiger partial charge is 0.394 e. The van der Waals surface area contributed by atoms with Crippen LogP contribution >= 0.6 is 0 Å². The lowest BCUT2D eigenvalue weighted by molar-refractivity contribution is -0.216. The molecule has 0 unspecified atom stereocenters. The summed E-state index contributed by atoms with van der Waals surface area (Å²) in [5.74, 6) is -5.41. The van der Waals surface area contributed by atoms with Crippen molar-refractivity contribution in [1.82, 2.24) is 5.32 Å². The number of carbonyl (C=O) groups excluding carboxylic acids is 1. The first kappa shape index (κ1) is 14.9. The van der Waals surface area contributed by atoms with E-state index in [4.69, 9.17) is 0 Å². The minimum absolute atomic E-state index is 0.0947. The van der Waals surface area contributed by atoms with Crippen LogP contribution in [0.15, 0.2) is 30.3 Å². The van der Waals surface area contributed by atoms with Crippen molar-refractivity contribution >= 4 is 5.91 Å². The molecule has 0 saturated heterocycles. The van der Waals surface area contributed by atoms with Crippen molar-refractivity contribution in [3.63, 3.8) is 0 Å². The minimum atomic E-state index is -3.85. The average molecular weight is 285 g/mol. The Balaban J connectivity index is 2.10. The van der Waals surface area contributed by atoms with Gasteiger partial charge in [-0.15, -0.1) is 0 Å². The van der Waals surface area contributed by atoms with E-state index in [9.17, 15) is 23.8 Å². The molecule has 1 aromatic rings. The molecular formula is C14H17F2NO3. The van der Waals surface area contributed by atoms with Crippen molar-refractivity contribution in [2.75, 3.05) is 6.61 Å². The molecule has 0 spiro atoms.